The van der Waals surface area contributed by atoms with Gasteiger partial charge < -0.3 is 20.3 Å². The van der Waals surface area contributed by atoms with E-state index in [2.05, 4.69) is 68.6 Å². The molecule has 6 nitrogen and oxygen atoms in total. The molecular weight excluding hydrogens is 767 g/mol. The van der Waals surface area contributed by atoms with Gasteiger partial charge in [-0.25, -0.2) is 0 Å². The smallest absolute Gasteiger partial charge is 0.306 e. The lowest BCUT2D eigenvalue weighted by atomic mass is 10.0. The Morgan fingerprint density at radius 3 is 1.37 bits per heavy atom. The highest BCUT2D eigenvalue weighted by molar-refractivity contribution is 5.77. The Bertz CT molecular complexity index is 1240. The van der Waals surface area contributed by atoms with Crippen LogP contribution in [0.15, 0.2) is 97.2 Å². The molecule has 0 radical (unpaired) electrons. The molecule has 0 aliphatic rings. The first-order valence-electron chi connectivity index (χ1n) is 25.6. The summed E-state index contributed by atoms with van der Waals surface area (Å²) in [6.07, 6.45) is 64.9. The highest BCUT2D eigenvalue weighted by atomic mass is 16.5. The summed E-state index contributed by atoms with van der Waals surface area (Å²) in [4.78, 5) is 26.0. The van der Waals surface area contributed by atoms with Gasteiger partial charge in [0.15, 0.2) is 0 Å². The van der Waals surface area contributed by atoms with Gasteiger partial charge in [-0.3, -0.25) is 9.59 Å². The molecule has 0 aromatic heterocycles. The number of unbranched alkanes of at least 4 members (excludes halogenated alkanes) is 23. The van der Waals surface area contributed by atoms with Crippen molar-refractivity contribution in [1.29, 1.82) is 0 Å². The minimum Gasteiger partial charge on any atom is -0.461 e. The number of amides is 1. The molecule has 0 saturated heterocycles. The topological polar surface area (TPSA) is 95.9 Å². The van der Waals surface area contributed by atoms with E-state index >= 15 is 0 Å². The fraction of sp³-hybridized carbons (Fsp3) is 0.679. The van der Waals surface area contributed by atoms with Crippen LogP contribution in [0, 0.1) is 0 Å². The maximum Gasteiger partial charge on any atom is 0.306 e. The predicted molar refractivity (Wildman–Crippen MR) is 268 cm³/mol. The number of hydrogen-bond donors (Lipinski definition) is 3. The molecule has 1 amide bonds. The summed E-state index contributed by atoms with van der Waals surface area (Å²) in [6, 6.07) is -0.749. The van der Waals surface area contributed by atoms with Gasteiger partial charge in [-0.1, -0.05) is 253 Å². The van der Waals surface area contributed by atoms with Crippen molar-refractivity contribution in [3.8, 4) is 0 Å². The fourth-order valence-corrected chi connectivity index (χ4v) is 7.22. The van der Waals surface area contributed by atoms with Crippen molar-refractivity contribution in [2.24, 2.45) is 0 Å². The zero-order valence-electron chi connectivity index (χ0n) is 40.2. The summed E-state index contributed by atoms with van der Waals surface area (Å²) in [5, 5.41) is 23.7. The van der Waals surface area contributed by atoms with Gasteiger partial charge in [0, 0.05) is 12.8 Å². The van der Waals surface area contributed by atoms with E-state index < -0.39 is 18.2 Å². The third-order valence-electron chi connectivity index (χ3n) is 11.1. The van der Waals surface area contributed by atoms with Crippen LogP contribution in [0.1, 0.15) is 220 Å². The van der Waals surface area contributed by atoms with Gasteiger partial charge in [0.05, 0.1) is 25.2 Å². The first kappa shape index (κ1) is 58.8. The number of hydrogen-bond acceptors (Lipinski definition) is 5. The van der Waals surface area contributed by atoms with Crippen molar-refractivity contribution in [2.75, 3.05) is 6.61 Å². The quantitative estimate of drug-likeness (QED) is 0.0322. The van der Waals surface area contributed by atoms with Crippen LogP contribution in [-0.4, -0.2) is 46.9 Å². The summed E-state index contributed by atoms with van der Waals surface area (Å²) < 4.78 is 5.83. The molecule has 0 spiro atoms. The molecule has 6 heteroatoms. The monoisotopic (exact) mass is 862 g/mol. The second-order valence-electron chi connectivity index (χ2n) is 17.0. The molecule has 354 valence electrons. The van der Waals surface area contributed by atoms with Crippen molar-refractivity contribution in [3.63, 3.8) is 0 Å². The molecule has 0 saturated carbocycles. The zero-order valence-corrected chi connectivity index (χ0v) is 40.2. The number of esters is 1. The molecule has 0 aliphatic carbocycles. The SMILES string of the molecule is CC/C=C/C=C/C=C\C=C/C=C/CC(CC(=O)NC(CO)C(O)CCCCCCCCCCCCCCCC)OC(=O)CCCCCCC/C=C/C=C/C=C/CCCCCCC. The molecule has 0 heterocycles. The van der Waals surface area contributed by atoms with Crippen LogP contribution in [0.25, 0.3) is 0 Å². The van der Waals surface area contributed by atoms with E-state index in [0.717, 1.165) is 70.6 Å². The Morgan fingerprint density at radius 2 is 0.903 bits per heavy atom. The highest BCUT2D eigenvalue weighted by Crippen LogP contribution is 2.16. The highest BCUT2D eigenvalue weighted by Gasteiger charge is 2.23. The number of carbonyl (C=O) groups excluding carboxylic acids is 2. The minimum absolute atomic E-state index is 0.0318. The lowest BCUT2D eigenvalue weighted by molar-refractivity contribution is -0.150. The van der Waals surface area contributed by atoms with Crippen LogP contribution in [0.5, 0.6) is 0 Å². The van der Waals surface area contributed by atoms with Gasteiger partial charge in [0.1, 0.15) is 6.10 Å². The summed E-state index contributed by atoms with van der Waals surface area (Å²) in [5.41, 5.74) is 0. The number of nitrogens with one attached hydrogen (secondary N) is 1. The summed E-state index contributed by atoms with van der Waals surface area (Å²) in [5.74, 6) is -0.637. The maximum absolute atomic E-state index is 13.2. The molecule has 0 fully saturated rings. The number of ether oxygens (including phenoxy) is 1. The van der Waals surface area contributed by atoms with Gasteiger partial charge in [0.25, 0.3) is 0 Å². The predicted octanol–water partition coefficient (Wildman–Crippen LogP) is 15.3. The summed E-state index contributed by atoms with van der Waals surface area (Å²) in [7, 11) is 0. The normalized spacial score (nSPS) is 14.1. The molecule has 0 rings (SSSR count). The molecule has 3 unspecified atom stereocenters. The van der Waals surface area contributed by atoms with Crippen LogP contribution < -0.4 is 5.32 Å². The van der Waals surface area contributed by atoms with Crippen LogP contribution in [0.4, 0.5) is 0 Å². The van der Waals surface area contributed by atoms with Crippen molar-refractivity contribution >= 4 is 11.9 Å². The summed E-state index contributed by atoms with van der Waals surface area (Å²) in [6.45, 7) is 6.27. The molecule has 0 aliphatic heterocycles. The third kappa shape index (κ3) is 43.4. The largest absolute Gasteiger partial charge is 0.461 e. The van der Waals surface area contributed by atoms with Crippen LogP contribution in [-0.2, 0) is 14.3 Å². The van der Waals surface area contributed by atoms with Crippen molar-refractivity contribution < 1.29 is 24.5 Å². The Morgan fingerprint density at radius 1 is 0.500 bits per heavy atom. The zero-order chi connectivity index (χ0) is 45.2. The van der Waals surface area contributed by atoms with Gasteiger partial charge in [-0.2, -0.15) is 0 Å². The number of aliphatic hydroxyl groups is 2. The number of carbonyl (C=O) groups is 2. The van der Waals surface area contributed by atoms with E-state index in [1.54, 1.807) is 0 Å². The lowest BCUT2D eigenvalue weighted by Crippen LogP contribution is -2.46. The molecule has 0 aromatic rings. The Hall–Kier alpha value is -3.22. The lowest BCUT2D eigenvalue weighted by Gasteiger charge is -2.24. The Labute approximate surface area is 382 Å². The van der Waals surface area contributed by atoms with E-state index in [-0.39, 0.29) is 24.9 Å². The number of rotatable bonds is 44. The number of allylic oxidation sites excluding steroid dienone is 15. The average molecular weight is 862 g/mol. The molecule has 0 aromatic carbocycles. The van der Waals surface area contributed by atoms with Gasteiger partial charge in [-0.05, 0) is 44.9 Å². The second kappa shape index (κ2) is 48.8. The van der Waals surface area contributed by atoms with Crippen molar-refractivity contribution in [1.82, 2.24) is 5.32 Å². The van der Waals surface area contributed by atoms with Crippen LogP contribution >= 0.6 is 0 Å². The van der Waals surface area contributed by atoms with E-state index in [9.17, 15) is 19.8 Å². The maximum atomic E-state index is 13.2. The molecule has 3 atom stereocenters. The Balaban J connectivity index is 4.68. The summed E-state index contributed by atoms with van der Waals surface area (Å²) >= 11 is 0. The second-order valence-corrected chi connectivity index (χ2v) is 17.0. The Kier molecular flexibility index (Phi) is 46.3. The van der Waals surface area contributed by atoms with Crippen molar-refractivity contribution in [2.45, 2.75) is 238 Å². The van der Waals surface area contributed by atoms with Gasteiger partial charge >= 0.3 is 5.97 Å². The van der Waals surface area contributed by atoms with E-state index in [4.69, 9.17) is 4.74 Å². The fourth-order valence-electron chi connectivity index (χ4n) is 7.22. The third-order valence-corrected chi connectivity index (χ3v) is 11.1. The average Bonchev–Trinajstić information content (AvgIpc) is 3.26. The first-order valence-corrected chi connectivity index (χ1v) is 25.6. The molecular formula is C56H95NO5. The number of aliphatic hydroxyl groups excluding tert-OH is 2. The standard InChI is InChI=1S/C56H95NO5/c1-4-7-10-13-16-19-22-24-26-27-28-29-31-34-37-40-43-46-49-56(61)62-52(47-44-41-38-35-32-21-18-15-12-9-6-3)50-55(60)57-53(51-58)54(59)48-45-42-39-36-33-30-25-23-20-17-14-11-8-5-2/h9,12,15,18,21-22,24,26-29,32,35,38,41,44,52-54,58-59H,4-8,10-11,13-14,16-17,19-20,23,25,30-31,33-34,36-37,39-40,42-43,45-51H2,1-3H3,(H,57,60)/b12-9+,18-15+,24-22+,27-26+,29-28+,32-21-,38-35-,44-41+. The van der Waals surface area contributed by atoms with E-state index in [1.807, 2.05) is 54.7 Å². The van der Waals surface area contributed by atoms with Gasteiger partial charge in [-0.15, -0.1) is 0 Å². The van der Waals surface area contributed by atoms with E-state index in [0.29, 0.717) is 19.3 Å². The van der Waals surface area contributed by atoms with Crippen LogP contribution in [0.3, 0.4) is 0 Å². The molecule has 62 heavy (non-hydrogen) atoms. The van der Waals surface area contributed by atoms with Crippen LogP contribution in [0.2, 0.25) is 0 Å². The van der Waals surface area contributed by atoms with E-state index in [1.165, 1.54) is 103 Å². The van der Waals surface area contributed by atoms with Crippen molar-refractivity contribution in [3.05, 3.63) is 97.2 Å². The van der Waals surface area contributed by atoms with Gasteiger partial charge in [0.2, 0.25) is 5.91 Å². The first-order chi connectivity index (χ1) is 30.5. The molecule has 3 N–H and O–H groups in total. The minimum atomic E-state index is -0.826. The molecule has 0 bridgehead atoms.